The molecule has 1 aromatic carbocycles. The molecule has 1 aromatic heterocycles. The van der Waals surface area contributed by atoms with E-state index in [4.69, 9.17) is 12.3 Å². The van der Waals surface area contributed by atoms with Crippen LogP contribution in [0.5, 0.6) is 0 Å². The van der Waals surface area contributed by atoms with Crippen molar-refractivity contribution in [1.29, 1.82) is 0 Å². The number of hydrogen-bond donors (Lipinski definition) is 1. The van der Waals surface area contributed by atoms with Crippen LogP contribution < -0.4 is 5.73 Å². The number of hydrogen-bond acceptors (Lipinski definition) is 2. The van der Waals surface area contributed by atoms with Gasteiger partial charge in [0.1, 0.15) is 0 Å². The third-order valence-corrected chi connectivity index (χ3v) is 2.12. The number of rotatable bonds is 2. The van der Waals surface area contributed by atoms with E-state index in [1.165, 1.54) is 0 Å². The maximum Gasteiger partial charge on any atom is 0.187 e. The van der Waals surface area contributed by atoms with Crippen molar-refractivity contribution in [1.82, 2.24) is 9.55 Å². The summed E-state index contributed by atoms with van der Waals surface area (Å²) < 4.78 is 1.88. The highest BCUT2D eigenvalue weighted by molar-refractivity contribution is 5.49. The highest BCUT2D eigenvalue weighted by Gasteiger charge is 1.99. The van der Waals surface area contributed by atoms with Crippen molar-refractivity contribution >= 4 is 5.69 Å². The van der Waals surface area contributed by atoms with Gasteiger partial charge < -0.3 is 10.3 Å². The van der Waals surface area contributed by atoms with E-state index >= 15 is 0 Å². The Morgan fingerprint density at radius 3 is 2.60 bits per heavy atom. The van der Waals surface area contributed by atoms with Crippen LogP contribution in [0.2, 0.25) is 0 Å². The van der Waals surface area contributed by atoms with E-state index in [0.717, 1.165) is 11.4 Å². The van der Waals surface area contributed by atoms with Crippen molar-refractivity contribution in [2.24, 2.45) is 5.73 Å². The van der Waals surface area contributed by atoms with Crippen LogP contribution in [0.3, 0.4) is 0 Å². The summed E-state index contributed by atoms with van der Waals surface area (Å²) in [5, 5.41) is 0. The highest BCUT2D eigenvalue weighted by atomic mass is 15.0. The fourth-order valence-electron chi connectivity index (χ4n) is 1.31. The summed E-state index contributed by atoms with van der Waals surface area (Å²) in [6.45, 7) is 7.28. The number of benzene rings is 1. The first kappa shape index (κ1) is 9.44. The number of imidazole rings is 1. The Morgan fingerprint density at radius 1 is 1.33 bits per heavy atom. The van der Waals surface area contributed by atoms with Crippen LogP contribution in [0, 0.1) is 6.57 Å². The Hall–Kier alpha value is -2.12. The average molecular weight is 198 g/mol. The molecule has 0 spiro atoms. The third kappa shape index (κ3) is 1.87. The molecule has 0 bridgehead atoms. The standard InChI is InChI=1S/C11H10N4/c1-13-9-2-4-11(5-3-9)15-7-10(6-12)14-8-15/h2-5,7-8H,6,12H2. The number of nitrogens with two attached hydrogens (primary N) is 1. The molecule has 2 rings (SSSR count). The van der Waals surface area contributed by atoms with Crippen molar-refractivity contribution in [2.75, 3.05) is 0 Å². The Labute approximate surface area is 87.8 Å². The van der Waals surface area contributed by atoms with Crippen molar-refractivity contribution < 1.29 is 0 Å². The monoisotopic (exact) mass is 198 g/mol. The lowest BCUT2D eigenvalue weighted by molar-refractivity contribution is 1.01. The van der Waals surface area contributed by atoms with E-state index in [9.17, 15) is 0 Å². The SMILES string of the molecule is [C-]#[N+]c1ccc(-n2cnc(CN)c2)cc1. The summed E-state index contributed by atoms with van der Waals surface area (Å²) in [5.41, 5.74) is 7.94. The quantitative estimate of drug-likeness (QED) is 0.749. The van der Waals surface area contributed by atoms with Crippen LogP contribution in [0.4, 0.5) is 5.69 Å². The van der Waals surface area contributed by atoms with Gasteiger partial charge in [-0.1, -0.05) is 12.1 Å². The fourth-order valence-corrected chi connectivity index (χ4v) is 1.31. The molecule has 15 heavy (non-hydrogen) atoms. The second-order valence-corrected chi connectivity index (χ2v) is 3.10. The molecule has 0 saturated carbocycles. The molecule has 0 atom stereocenters. The lowest BCUT2D eigenvalue weighted by Gasteiger charge is -2.00. The average Bonchev–Trinajstić information content (AvgIpc) is 2.78. The van der Waals surface area contributed by atoms with Gasteiger partial charge in [-0.15, -0.1) is 0 Å². The van der Waals surface area contributed by atoms with E-state index in [1.54, 1.807) is 18.5 Å². The van der Waals surface area contributed by atoms with E-state index in [-0.39, 0.29) is 0 Å². The molecule has 0 saturated heterocycles. The van der Waals surface area contributed by atoms with Crippen molar-refractivity contribution in [3.8, 4) is 5.69 Å². The third-order valence-electron chi connectivity index (χ3n) is 2.12. The minimum atomic E-state index is 0.438. The molecule has 1 heterocycles. The van der Waals surface area contributed by atoms with Gasteiger partial charge in [-0.2, -0.15) is 0 Å². The largest absolute Gasteiger partial charge is 0.325 e. The maximum absolute atomic E-state index is 6.84. The van der Waals surface area contributed by atoms with Crippen LogP contribution in [0.15, 0.2) is 36.8 Å². The van der Waals surface area contributed by atoms with Gasteiger partial charge in [0.25, 0.3) is 0 Å². The summed E-state index contributed by atoms with van der Waals surface area (Å²) in [6, 6.07) is 7.33. The Bertz CT molecular complexity index is 490. The lowest BCUT2D eigenvalue weighted by Crippen LogP contribution is -1.95. The van der Waals surface area contributed by atoms with E-state index < -0.39 is 0 Å². The van der Waals surface area contributed by atoms with Gasteiger partial charge in [0.2, 0.25) is 0 Å². The molecule has 2 aromatic rings. The first-order valence-corrected chi connectivity index (χ1v) is 4.54. The molecule has 2 N–H and O–H groups in total. The van der Waals surface area contributed by atoms with Gasteiger partial charge in [-0.05, 0) is 12.1 Å². The minimum absolute atomic E-state index is 0.438. The summed E-state index contributed by atoms with van der Waals surface area (Å²) in [6.07, 6.45) is 3.60. The molecule has 0 aliphatic rings. The van der Waals surface area contributed by atoms with Crippen LogP contribution in [0.1, 0.15) is 5.69 Å². The van der Waals surface area contributed by atoms with Gasteiger partial charge >= 0.3 is 0 Å². The molecule has 4 heteroatoms. The van der Waals surface area contributed by atoms with E-state index in [0.29, 0.717) is 12.2 Å². The molecule has 0 aliphatic heterocycles. The zero-order valence-electron chi connectivity index (χ0n) is 8.09. The zero-order valence-corrected chi connectivity index (χ0v) is 8.09. The minimum Gasteiger partial charge on any atom is -0.325 e. The smallest absolute Gasteiger partial charge is 0.187 e. The molecule has 0 aliphatic carbocycles. The van der Waals surface area contributed by atoms with Gasteiger partial charge in [-0.25, -0.2) is 9.83 Å². The van der Waals surface area contributed by atoms with Gasteiger partial charge in [0.05, 0.1) is 18.6 Å². The molecule has 0 fully saturated rings. The molecule has 0 radical (unpaired) electrons. The Kier molecular flexibility index (Phi) is 2.48. The zero-order chi connectivity index (χ0) is 10.7. The molecular formula is C11H10N4. The van der Waals surface area contributed by atoms with Crippen molar-refractivity contribution in [3.05, 3.63) is 53.9 Å². The maximum atomic E-state index is 6.84. The molecule has 0 amide bonds. The summed E-state index contributed by atoms with van der Waals surface area (Å²) in [7, 11) is 0. The second kappa shape index (κ2) is 3.95. The van der Waals surface area contributed by atoms with Gasteiger partial charge in [-0.3, -0.25) is 0 Å². The normalized spacial score (nSPS) is 9.87. The van der Waals surface area contributed by atoms with Crippen molar-refractivity contribution in [3.63, 3.8) is 0 Å². The highest BCUT2D eigenvalue weighted by Crippen LogP contribution is 2.15. The summed E-state index contributed by atoms with van der Waals surface area (Å²) in [4.78, 5) is 7.46. The Morgan fingerprint density at radius 2 is 2.07 bits per heavy atom. The van der Waals surface area contributed by atoms with Gasteiger partial charge in [0, 0.05) is 18.4 Å². The molecule has 0 unspecified atom stereocenters. The Balaban J connectivity index is 2.33. The summed E-state index contributed by atoms with van der Waals surface area (Å²) >= 11 is 0. The second-order valence-electron chi connectivity index (χ2n) is 3.10. The predicted octanol–water partition coefficient (Wildman–Crippen LogP) is 1.88. The van der Waals surface area contributed by atoms with Gasteiger partial charge in [0.15, 0.2) is 5.69 Å². The van der Waals surface area contributed by atoms with Crippen LogP contribution in [-0.2, 0) is 6.54 Å². The summed E-state index contributed by atoms with van der Waals surface area (Å²) in [5.74, 6) is 0. The van der Waals surface area contributed by atoms with Crippen LogP contribution >= 0.6 is 0 Å². The van der Waals surface area contributed by atoms with Crippen LogP contribution in [-0.4, -0.2) is 9.55 Å². The predicted molar refractivity (Wildman–Crippen MR) is 57.7 cm³/mol. The first-order valence-electron chi connectivity index (χ1n) is 4.54. The number of nitrogens with zero attached hydrogens (tertiary/aromatic N) is 3. The topological polar surface area (TPSA) is 48.2 Å². The van der Waals surface area contributed by atoms with E-state index in [2.05, 4.69) is 9.83 Å². The first-order chi connectivity index (χ1) is 7.33. The molecular weight excluding hydrogens is 188 g/mol. The number of aromatic nitrogens is 2. The van der Waals surface area contributed by atoms with Crippen molar-refractivity contribution in [2.45, 2.75) is 6.54 Å². The molecule has 4 nitrogen and oxygen atoms in total. The van der Waals surface area contributed by atoms with E-state index in [1.807, 2.05) is 22.9 Å². The lowest BCUT2D eigenvalue weighted by atomic mass is 10.3. The van der Waals surface area contributed by atoms with Crippen LogP contribution in [0.25, 0.3) is 10.5 Å². The molecule has 74 valence electrons. The fraction of sp³-hybridized carbons (Fsp3) is 0.0909.